The van der Waals surface area contributed by atoms with E-state index in [4.69, 9.17) is 9.47 Å². The van der Waals surface area contributed by atoms with Gasteiger partial charge in [0.15, 0.2) is 5.96 Å². The van der Waals surface area contributed by atoms with Crippen LogP contribution in [0.25, 0.3) is 0 Å². The quantitative estimate of drug-likeness (QED) is 0.491. The average molecular weight is 371 g/mol. The second kappa shape index (κ2) is 10.3. The Kier molecular flexibility index (Phi) is 7.79. The van der Waals surface area contributed by atoms with Crippen molar-refractivity contribution in [1.29, 1.82) is 0 Å². The number of aromatic hydroxyl groups is 1. The summed E-state index contributed by atoms with van der Waals surface area (Å²) in [7, 11) is 1.60. The molecule has 0 aromatic heterocycles. The fourth-order valence-electron chi connectivity index (χ4n) is 2.51. The largest absolute Gasteiger partial charge is 0.508 e. The van der Waals surface area contributed by atoms with Gasteiger partial charge in [0.2, 0.25) is 0 Å². The molecule has 0 radical (unpaired) electrons. The van der Waals surface area contributed by atoms with E-state index in [-0.39, 0.29) is 11.9 Å². The number of para-hydroxylation sites is 1. The van der Waals surface area contributed by atoms with Crippen LogP contribution >= 0.6 is 0 Å². The number of hydrogen-bond acceptors (Lipinski definition) is 4. The Morgan fingerprint density at radius 1 is 1.19 bits per heavy atom. The van der Waals surface area contributed by atoms with Crippen LogP contribution < -0.4 is 20.1 Å². The van der Waals surface area contributed by atoms with Crippen LogP contribution in [0.4, 0.5) is 0 Å². The zero-order valence-corrected chi connectivity index (χ0v) is 16.5. The predicted molar refractivity (Wildman–Crippen MR) is 109 cm³/mol. The first-order valence-corrected chi connectivity index (χ1v) is 9.13. The molecule has 0 saturated heterocycles. The summed E-state index contributed by atoms with van der Waals surface area (Å²) in [6.45, 7) is 7.73. The molecule has 6 nitrogen and oxygen atoms in total. The van der Waals surface area contributed by atoms with Gasteiger partial charge in [-0.3, -0.25) is 0 Å². The maximum Gasteiger partial charge on any atom is 0.191 e. The standard InChI is InChI=1S/C21H29N3O3/c1-5-22-21(24-14-17-12-18(26-4)10-11-19(17)25)23-13-16(3)27-20-9-7-6-8-15(20)2/h6-12,16,25H,5,13-14H2,1-4H3,(H2,22,23,24). The highest BCUT2D eigenvalue weighted by Crippen LogP contribution is 2.23. The molecule has 0 aliphatic rings. The fraction of sp³-hybridized carbons (Fsp3) is 0.381. The van der Waals surface area contributed by atoms with E-state index >= 15 is 0 Å². The van der Waals surface area contributed by atoms with E-state index in [1.807, 2.05) is 45.0 Å². The fourth-order valence-corrected chi connectivity index (χ4v) is 2.51. The smallest absolute Gasteiger partial charge is 0.191 e. The highest BCUT2D eigenvalue weighted by atomic mass is 16.5. The van der Waals surface area contributed by atoms with E-state index in [2.05, 4.69) is 15.6 Å². The molecule has 2 rings (SSSR count). The van der Waals surface area contributed by atoms with Crippen LogP contribution in [0.5, 0.6) is 17.2 Å². The van der Waals surface area contributed by atoms with E-state index in [1.165, 1.54) is 0 Å². The van der Waals surface area contributed by atoms with Crippen molar-refractivity contribution in [3.05, 3.63) is 53.6 Å². The van der Waals surface area contributed by atoms with Crippen molar-refractivity contribution in [1.82, 2.24) is 10.6 Å². The van der Waals surface area contributed by atoms with Crippen molar-refractivity contribution in [2.75, 3.05) is 20.2 Å². The van der Waals surface area contributed by atoms with Crippen LogP contribution in [0.1, 0.15) is 25.0 Å². The number of benzene rings is 2. The van der Waals surface area contributed by atoms with Gasteiger partial charge in [0.1, 0.15) is 23.4 Å². The lowest BCUT2D eigenvalue weighted by Gasteiger charge is -2.18. The molecule has 2 aromatic carbocycles. The maximum atomic E-state index is 10.00. The van der Waals surface area contributed by atoms with E-state index in [0.29, 0.717) is 30.4 Å². The van der Waals surface area contributed by atoms with Crippen LogP contribution in [0.2, 0.25) is 0 Å². The zero-order valence-electron chi connectivity index (χ0n) is 16.5. The SMILES string of the molecule is CCNC(=NCc1cc(OC)ccc1O)NCC(C)Oc1ccccc1C. The summed E-state index contributed by atoms with van der Waals surface area (Å²) >= 11 is 0. The molecule has 0 aliphatic carbocycles. The molecule has 0 aliphatic heterocycles. The van der Waals surface area contributed by atoms with Crippen molar-refractivity contribution in [3.8, 4) is 17.2 Å². The van der Waals surface area contributed by atoms with Gasteiger partial charge in [-0.05, 0) is 50.6 Å². The molecule has 3 N–H and O–H groups in total. The number of nitrogens with one attached hydrogen (secondary N) is 2. The van der Waals surface area contributed by atoms with Gasteiger partial charge in [0.25, 0.3) is 0 Å². The number of ether oxygens (including phenoxy) is 2. The second-order valence-electron chi connectivity index (χ2n) is 6.26. The normalized spacial score (nSPS) is 12.4. The first-order valence-electron chi connectivity index (χ1n) is 9.13. The molecule has 27 heavy (non-hydrogen) atoms. The van der Waals surface area contributed by atoms with Gasteiger partial charge >= 0.3 is 0 Å². The third kappa shape index (κ3) is 6.40. The molecule has 0 fully saturated rings. The molecule has 2 aromatic rings. The summed E-state index contributed by atoms with van der Waals surface area (Å²) in [6, 6.07) is 13.1. The second-order valence-corrected chi connectivity index (χ2v) is 6.26. The molecule has 0 spiro atoms. The lowest BCUT2D eigenvalue weighted by Crippen LogP contribution is -2.41. The molecule has 0 amide bonds. The number of methoxy groups -OCH3 is 1. The van der Waals surface area contributed by atoms with Gasteiger partial charge in [-0.15, -0.1) is 0 Å². The summed E-state index contributed by atoms with van der Waals surface area (Å²) in [5, 5.41) is 16.5. The van der Waals surface area contributed by atoms with Gasteiger partial charge in [-0.1, -0.05) is 18.2 Å². The molecule has 0 bridgehead atoms. The Bertz CT molecular complexity index is 762. The Hall–Kier alpha value is -2.89. The summed E-state index contributed by atoms with van der Waals surface area (Å²) in [4.78, 5) is 4.54. The maximum absolute atomic E-state index is 10.00. The van der Waals surface area contributed by atoms with Crippen LogP contribution in [-0.4, -0.2) is 37.4 Å². The lowest BCUT2D eigenvalue weighted by molar-refractivity contribution is 0.222. The molecule has 0 heterocycles. The molecule has 1 atom stereocenters. The Balaban J connectivity index is 1.96. The first-order chi connectivity index (χ1) is 13.0. The van der Waals surface area contributed by atoms with E-state index in [1.54, 1.807) is 25.3 Å². The number of guanidine groups is 1. The summed E-state index contributed by atoms with van der Waals surface area (Å²) in [5.41, 5.74) is 1.81. The lowest BCUT2D eigenvalue weighted by atomic mass is 10.2. The van der Waals surface area contributed by atoms with Crippen LogP contribution in [-0.2, 0) is 6.54 Å². The molecule has 6 heteroatoms. The highest BCUT2D eigenvalue weighted by Gasteiger charge is 2.08. The van der Waals surface area contributed by atoms with E-state index < -0.39 is 0 Å². The number of nitrogens with zero attached hydrogens (tertiary/aromatic N) is 1. The Labute approximate surface area is 161 Å². The first kappa shape index (κ1) is 20.4. The number of phenolic OH excluding ortho intramolecular Hbond substituents is 1. The summed E-state index contributed by atoms with van der Waals surface area (Å²) in [6.07, 6.45) is -0.0276. The number of aryl methyl sites for hydroxylation is 1. The topological polar surface area (TPSA) is 75.1 Å². The van der Waals surface area contributed by atoms with Gasteiger partial charge in [-0.25, -0.2) is 4.99 Å². The van der Waals surface area contributed by atoms with E-state index in [0.717, 1.165) is 17.9 Å². The minimum Gasteiger partial charge on any atom is -0.508 e. The third-order valence-corrected chi connectivity index (χ3v) is 4.02. The van der Waals surface area contributed by atoms with Crippen molar-refractivity contribution < 1.29 is 14.6 Å². The number of rotatable bonds is 8. The van der Waals surface area contributed by atoms with Crippen molar-refractivity contribution in [3.63, 3.8) is 0 Å². The number of phenols is 1. The van der Waals surface area contributed by atoms with Crippen LogP contribution in [0, 0.1) is 6.92 Å². The number of aliphatic imine (C=N–C) groups is 1. The predicted octanol–water partition coefficient (Wildman–Crippen LogP) is 3.23. The number of hydrogen-bond donors (Lipinski definition) is 3. The zero-order chi connectivity index (χ0) is 19.6. The van der Waals surface area contributed by atoms with Gasteiger partial charge < -0.3 is 25.2 Å². The third-order valence-electron chi connectivity index (χ3n) is 4.02. The van der Waals surface area contributed by atoms with Crippen LogP contribution in [0.15, 0.2) is 47.5 Å². The van der Waals surface area contributed by atoms with E-state index in [9.17, 15) is 5.11 Å². The summed E-state index contributed by atoms with van der Waals surface area (Å²) in [5.74, 6) is 2.44. The molecule has 0 saturated carbocycles. The van der Waals surface area contributed by atoms with Crippen molar-refractivity contribution in [2.45, 2.75) is 33.4 Å². The molecular weight excluding hydrogens is 342 g/mol. The minimum atomic E-state index is -0.0276. The van der Waals surface area contributed by atoms with Gasteiger partial charge in [0, 0.05) is 12.1 Å². The van der Waals surface area contributed by atoms with Gasteiger partial charge in [0.05, 0.1) is 20.2 Å². The minimum absolute atomic E-state index is 0.0276. The highest BCUT2D eigenvalue weighted by molar-refractivity contribution is 5.79. The molecule has 1 unspecified atom stereocenters. The van der Waals surface area contributed by atoms with Crippen molar-refractivity contribution in [2.24, 2.45) is 4.99 Å². The molecular formula is C21H29N3O3. The summed E-state index contributed by atoms with van der Waals surface area (Å²) < 4.78 is 11.2. The average Bonchev–Trinajstić information content (AvgIpc) is 2.67. The van der Waals surface area contributed by atoms with Crippen LogP contribution in [0.3, 0.4) is 0 Å². The van der Waals surface area contributed by atoms with Crippen molar-refractivity contribution >= 4 is 5.96 Å². The molecule has 146 valence electrons. The monoisotopic (exact) mass is 371 g/mol. The Morgan fingerprint density at radius 3 is 2.67 bits per heavy atom. The Morgan fingerprint density at radius 2 is 1.96 bits per heavy atom. The van der Waals surface area contributed by atoms with Gasteiger partial charge in [-0.2, -0.15) is 0 Å².